The van der Waals surface area contributed by atoms with Crippen LogP contribution >= 0.6 is 27.5 Å². The van der Waals surface area contributed by atoms with E-state index in [1.807, 2.05) is 18.2 Å². The van der Waals surface area contributed by atoms with Crippen LogP contribution in [0.1, 0.15) is 31.2 Å². The molecule has 18 heavy (non-hydrogen) atoms. The van der Waals surface area contributed by atoms with Crippen LogP contribution in [0.4, 0.5) is 0 Å². The molecule has 0 spiro atoms. The molecule has 0 amide bonds. The lowest BCUT2D eigenvalue weighted by Gasteiger charge is -2.15. The van der Waals surface area contributed by atoms with Gasteiger partial charge in [0.1, 0.15) is 0 Å². The molecule has 0 aliphatic carbocycles. The highest BCUT2D eigenvalue weighted by atomic mass is 79.9. The minimum absolute atomic E-state index is 0.160. The predicted octanol–water partition coefficient (Wildman–Crippen LogP) is 3.93. The standard InChI is InChI=1S/C14H19BrClNO/c15-11-4-3-10(14(16)9-11)8-12(17)5-6-13-2-1-7-18-13/h3-4,9,12-13H,1-2,5-8,17H2. The number of hydrogen-bond acceptors (Lipinski definition) is 2. The third kappa shape index (κ3) is 4.23. The molecule has 1 fully saturated rings. The van der Waals surface area contributed by atoms with Crippen LogP contribution in [0.2, 0.25) is 5.02 Å². The third-order valence-corrected chi connectivity index (χ3v) is 4.23. The van der Waals surface area contributed by atoms with Crippen molar-refractivity contribution >= 4 is 27.5 Å². The van der Waals surface area contributed by atoms with Crippen molar-refractivity contribution in [3.63, 3.8) is 0 Å². The molecule has 0 saturated carbocycles. The van der Waals surface area contributed by atoms with E-state index >= 15 is 0 Å². The zero-order chi connectivity index (χ0) is 13.0. The first-order valence-electron chi connectivity index (χ1n) is 6.46. The highest BCUT2D eigenvalue weighted by Gasteiger charge is 2.17. The van der Waals surface area contributed by atoms with Crippen LogP contribution in [0.15, 0.2) is 22.7 Å². The van der Waals surface area contributed by atoms with Crippen LogP contribution in [0.5, 0.6) is 0 Å². The monoisotopic (exact) mass is 331 g/mol. The number of nitrogens with two attached hydrogens (primary N) is 1. The maximum Gasteiger partial charge on any atom is 0.0576 e. The highest BCUT2D eigenvalue weighted by molar-refractivity contribution is 9.10. The lowest BCUT2D eigenvalue weighted by Crippen LogP contribution is -2.24. The molecule has 2 rings (SSSR count). The Labute approximate surface area is 122 Å². The fourth-order valence-corrected chi connectivity index (χ4v) is 3.09. The van der Waals surface area contributed by atoms with E-state index in [1.54, 1.807) is 0 Å². The lowest BCUT2D eigenvalue weighted by atomic mass is 10.00. The molecule has 4 heteroatoms. The van der Waals surface area contributed by atoms with E-state index < -0.39 is 0 Å². The van der Waals surface area contributed by atoms with Gasteiger partial charge in [-0.25, -0.2) is 0 Å². The smallest absolute Gasteiger partial charge is 0.0576 e. The Bertz CT molecular complexity index is 393. The first-order chi connectivity index (χ1) is 8.65. The van der Waals surface area contributed by atoms with Crippen LogP contribution in [-0.2, 0) is 11.2 Å². The molecular formula is C14H19BrClNO. The van der Waals surface area contributed by atoms with Gasteiger partial charge >= 0.3 is 0 Å². The minimum atomic E-state index is 0.160. The van der Waals surface area contributed by atoms with Gasteiger partial charge in [0.2, 0.25) is 0 Å². The fourth-order valence-electron chi connectivity index (χ4n) is 2.34. The molecular weight excluding hydrogens is 314 g/mol. The van der Waals surface area contributed by atoms with Crippen molar-refractivity contribution in [1.82, 2.24) is 0 Å². The first kappa shape index (κ1) is 14.3. The second kappa shape index (κ2) is 6.90. The Balaban J connectivity index is 1.80. The molecule has 1 aromatic carbocycles. The zero-order valence-corrected chi connectivity index (χ0v) is 12.7. The van der Waals surface area contributed by atoms with Gasteiger partial charge in [-0.2, -0.15) is 0 Å². The van der Waals surface area contributed by atoms with Crippen LogP contribution in [0, 0.1) is 0 Å². The van der Waals surface area contributed by atoms with Crippen molar-refractivity contribution in [3.8, 4) is 0 Å². The molecule has 2 atom stereocenters. The van der Waals surface area contributed by atoms with E-state index in [0.717, 1.165) is 40.9 Å². The summed E-state index contributed by atoms with van der Waals surface area (Å²) in [6.45, 7) is 0.915. The zero-order valence-electron chi connectivity index (χ0n) is 10.4. The van der Waals surface area contributed by atoms with Gasteiger partial charge in [0.25, 0.3) is 0 Å². The summed E-state index contributed by atoms with van der Waals surface area (Å²) in [5.41, 5.74) is 7.29. The van der Waals surface area contributed by atoms with Gasteiger partial charge in [0, 0.05) is 22.1 Å². The van der Waals surface area contributed by atoms with E-state index in [9.17, 15) is 0 Å². The lowest BCUT2D eigenvalue weighted by molar-refractivity contribution is 0.101. The second-order valence-corrected chi connectivity index (χ2v) is 6.24. The predicted molar refractivity (Wildman–Crippen MR) is 79.0 cm³/mol. The van der Waals surface area contributed by atoms with Gasteiger partial charge in [0.05, 0.1) is 6.10 Å². The molecule has 0 aromatic heterocycles. The van der Waals surface area contributed by atoms with Crippen molar-refractivity contribution in [2.24, 2.45) is 5.73 Å². The second-order valence-electron chi connectivity index (χ2n) is 4.91. The normalized spacial score (nSPS) is 21.2. The number of rotatable bonds is 5. The molecule has 100 valence electrons. The Kier molecular flexibility index (Phi) is 5.49. The largest absolute Gasteiger partial charge is 0.378 e. The molecule has 2 unspecified atom stereocenters. The molecule has 1 aliphatic rings. The number of ether oxygens (including phenoxy) is 1. The van der Waals surface area contributed by atoms with Crippen LogP contribution in [0.25, 0.3) is 0 Å². The topological polar surface area (TPSA) is 35.2 Å². The molecule has 1 heterocycles. The van der Waals surface area contributed by atoms with Gasteiger partial charge in [0.15, 0.2) is 0 Å². The van der Waals surface area contributed by atoms with E-state index in [-0.39, 0.29) is 6.04 Å². The van der Waals surface area contributed by atoms with Gasteiger partial charge in [-0.3, -0.25) is 0 Å². The molecule has 0 radical (unpaired) electrons. The van der Waals surface area contributed by atoms with Gasteiger partial charge < -0.3 is 10.5 Å². The molecule has 1 saturated heterocycles. The number of halogens is 2. The summed E-state index contributed by atoms with van der Waals surface area (Å²) in [6.07, 6.45) is 5.70. The molecule has 2 nitrogen and oxygen atoms in total. The fraction of sp³-hybridized carbons (Fsp3) is 0.571. The Morgan fingerprint density at radius 3 is 3.00 bits per heavy atom. The van der Waals surface area contributed by atoms with Crippen molar-refractivity contribution < 1.29 is 4.74 Å². The SMILES string of the molecule is NC(CCC1CCCO1)Cc1ccc(Br)cc1Cl. The quantitative estimate of drug-likeness (QED) is 0.886. The van der Waals surface area contributed by atoms with Crippen molar-refractivity contribution in [2.75, 3.05) is 6.61 Å². The summed E-state index contributed by atoms with van der Waals surface area (Å²) in [5.74, 6) is 0. The van der Waals surface area contributed by atoms with Gasteiger partial charge in [-0.05, 0) is 49.8 Å². The average Bonchev–Trinajstić information content (AvgIpc) is 2.83. The Morgan fingerprint density at radius 1 is 1.50 bits per heavy atom. The summed E-state index contributed by atoms with van der Waals surface area (Å²) in [4.78, 5) is 0. The molecule has 1 aromatic rings. The van der Waals surface area contributed by atoms with E-state index in [0.29, 0.717) is 6.10 Å². The van der Waals surface area contributed by atoms with Crippen LogP contribution in [-0.4, -0.2) is 18.8 Å². The van der Waals surface area contributed by atoms with E-state index in [2.05, 4.69) is 15.9 Å². The minimum Gasteiger partial charge on any atom is -0.378 e. The summed E-state index contributed by atoms with van der Waals surface area (Å²) in [7, 11) is 0. The van der Waals surface area contributed by atoms with Crippen LogP contribution < -0.4 is 5.73 Å². The maximum atomic E-state index is 6.19. The molecule has 0 bridgehead atoms. The third-order valence-electron chi connectivity index (χ3n) is 3.38. The van der Waals surface area contributed by atoms with E-state index in [4.69, 9.17) is 22.1 Å². The first-order valence-corrected chi connectivity index (χ1v) is 7.63. The van der Waals surface area contributed by atoms with Crippen molar-refractivity contribution in [2.45, 2.75) is 44.2 Å². The van der Waals surface area contributed by atoms with Crippen molar-refractivity contribution in [1.29, 1.82) is 0 Å². The number of hydrogen-bond donors (Lipinski definition) is 1. The maximum absolute atomic E-state index is 6.19. The number of benzene rings is 1. The summed E-state index contributed by atoms with van der Waals surface area (Å²) in [6, 6.07) is 6.13. The summed E-state index contributed by atoms with van der Waals surface area (Å²) >= 11 is 9.60. The highest BCUT2D eigenvalue weighted by Crippen LogP contribution is 2.23. The Morgan fingerprint density at radius 2 is 2.33 bits per heavy atom. The van der Waals surface area contributed by atoms with Gasteiger partial charge in [-0.15, -0.1) is 0 Å². The van der Waals surface area contributed by atoms with Crippen LogP contribution in [0.3, 0.4) is 0 Å². The molecule has 1 aliphatic heterocycles. The average molecular weight is 333 g/mol. The summed E-state index contributed by atoms with van der Waals surface area (Å²) in [5, 5.41) is 0.789. The summed E-state index contributed by atoms with van der Waals surface area (Å²) < 4.78 is 6.61. The van der Waals surface area contributed by atoms with Crippen molar-refractivity contribution in [3.05, 3.63) is 33.3 Å². The molecule has 2 N–H and O–H groups in total. The van der Waals surface area contributed by atoms with E-state index in [1.165, 1.54) is 12.8 Å². The Hall–Kier alpha value is -0.0900. The van der Waals surface area contributed by atoms with Gasteiger partial charge in [-0.1, -0.05) is 33.6 Å².